The van der Waals surface area contributed by atoms with Gasteiger partial charge in [0.25, 0.3) is 0 Å². The molecule has 3 aromatic rings. The predicted molar refractivity (Wildman–Crippen MR) is 107 cm³/mol. The number of hydrogen-bond donors (Lipinski definition) is 2. The number of nitrogens with zero attached hydrogens (tertiary/aromatic N) is 2. The maximum Gasteiger partial charge on any atom is 0.307 e. The van der Waals surface area contributed by atoms with Crippen molar-refractivity contribution in [3.8, 4) is 16.5 Å². The molecule has 0 fully saturated rings. The van der Waals surface area contributed by atoms with Gasteiger partial charge in [0.15, 0.2) is 10.9 Å². The summed E-state index contributed by atoms with van der Waals surface area (Å²) >= 11 is 1.51. The highest BCUT2D eigenvalue weighted by Crippen LogP contribution is 2.31. The second-order valence-electron chi connectivity index (χ2n) is 6.06. The summed E-state index contributed by atoms with van der Waals surface area (Å²) in [5.74, 6) is 0.566. The first-order chi connectivity index (χ1) is 13.0. The van der Waals surface area contributed by atoms with Gasteiger partial charge < -0.3 is 15.2 Å². The van der Waals surface area contributed by atoms with Crippen LogP contribution in [0.1, 0.15) is 23.7 Å². The molecule has 0 aliphatic carbocycles. The molecular weight excluding hydrogens is 362 g/mol. The Morgan fingerprint density at radius 2 is 2.00 bits per heavy atom. The van der Waals surface area contributed by atoms with Crippen LogP contribution in [0.5, 0.6) is 5.06 Å². The molecule has 0 unspecified atom stereocenters. The summed E-state index contributed by atoms with van der Waals surface area (Å²) in [7, 11) is 1.64. The molecule has 27 heavy (non-hydrogen) atoms. The Morgan fingerprint density at radius 1 is 1.26 bits per heavy atom. The van der Waals surface area contributed by atoms with E-state index in [0.717, 1.165) is 45.4 Å². The number of methoxy groups -OCH3 is 1. The summed E-state index contributed by atoms with van der Waals surface area (Å²) in [5.41, 5.74) is 4.51. The second-order valence-corrected chi connectivity index (χ2v) is 6.94. The maximum atomic E-state index is 10.8. The Hall–Kier alpha value is -2.93. The van der Waals surface area contributed by atoms with Crippen molar-refractivity contribution >= 4 is 28.8 Å². The average Bonchev–Trinajstić information content (AvgIpc) is 3.12. The van der Waals surface area contributed by atoms with Crippen molar-refractivity contribution in [2.75, 3.05) is 12.4 Å². The zero-order valence-electron chi connectivity index (χ0n) is 15.4. The van der Waals surface area contributed by atoms with Crippen LogP contribution in [0.3, 0.4) is 0 Å². The van der Waals surface area contributed by atoms with E-state index in [4.69, 9.17) is 14.8 Å². The molecule has 0 aliphatic rings. The number of carboxylic acid groups (broad SMARTS) is 1. The quantitative estimate of drug-likeness (QED) is 0.627. The van der Waals surface area contributed by atoms with Crippen molar-refractivity contribution in [1.82, 2.24) is 9.97 Å². The third kappa shape index (κ3) is 4.43. The van der Waals surface area contributed by atoms with Crippen molar-refractivity contribution in [1.29, 1.82) is 0 Å². The van der Waals surface area contributed by atoms with Crippen LogP contribution in [-0.2, 0) is 17.6 Å². The summed E-state index contributed by atoms with van der Waals surface area (Å²) < 4.78 is 5.26. The molecule has 7 heteroatoms. The van der Waals surface area contributed by atoms with E-state index in [9.17, 15) is 4.79 Å². The second kappa shape index (κ2) is 8.18. The van der Waals surface area contributed by atoms with E-state index < -0.39 is 5.97 Å². The van der Waals surface area contributed by atoms with E-state index in [-0.39, 0.29) is 6.42 Å². The van der Waals surface area contributed by atoms with E-state index in [1.807, 2.05) is 30.5 Å². The molecule has 0 radical (unpaired) electrons. The zero-order chi connectivity index (χ0) is 19.4. The Bertz CT molecular complexity index is 952. The largest absolute Gasteiger partial charge is 0.487 e. The molecule has 2 heterocycles. The number of ether oxygens (including phenoxy) is 1. The van der Waals surface area contributed by atoms with Crippen LogP contribution in [0.4, 0.5) is 11.5 Å². The molecule has 0 aliphatic heterocycles. The monoisotopic (exact) mass is 383 g/mol. The molecular formula is C20H21N3O3S. The lowest BCUT2D eigenvalue weighted by molar-refractivity contribution is -0.136. The maximum absolute atomic E-state index is 10.8. The number of carboxylic acids is 1. The predicted octanol–water partition coefficient (Wildman–Crippen LogP) is 4.46. The molecule has 1 aromatic carbocycles. The fourth-order valence-corrected chi connectivity index (χ4v) is 3.52. The number of thiophene rings is 1. The number of aryl methyl sites for hydroxylation is 1. The fraction of sp³-hybridized carbons (Fsp3) is 0.250. The smallest absolute Gasteiger partial charge is 0.307 e. The highest BCUT2D eigenvalue weighted by molar-refractivity contribution is 7.12. The summed E-state index contributed by atoms with van der Waals surface area (Å²) in [6.07, 6.45) is 0.815. The van der Waals surface area contributed by atoms with E-state index in [1.165, 1.54) is 11.3 Å². The van der Waals surface area contributed by atoms with Crippen LogP contribution in [0.25, 0.3) is 11.4 Å². The number of carbonyl (C=O) groups is 1. The highest BCUT2D eigenvalue weighted by Gasteiger charge is 2.13. The summed E-state index contributed by atoms with van der Waals surface area (Å²) in [6, 6.07) is 9.27. The normalized spacial score (nSPS) is 10.6. The first kappa shape index (κ1) is 18.8. The SMILES string of the molecule is CCc1c(C)nc(-c2csc(OC)c2)nc1Nc1ccc(CC(=O)O)cc1. The van der Waals surface area contributed by atoms with Crippen molar-refractivity contribution < 1.29 is 14.6 Å². The summed E-state index contributed by atoms with van der Waals surface area (Å²) in [6.45, 7) is 4.05. The van der Waals surface area contributed by atoms with E-state index >= 15 is 0 Å². The lowest BCUT2D eigenvalue weighted by Gasteiger charge is -2.14. The van der Waals surface area contributed by atoms with Crippen LogP contribution in [-0.4, -0.2) is 28.2 Å². The van der Waals surface area contributed by atoms with Crippen molar-refractivity contribution in [2.24, 2.45) is 0 Å². The van der Waals surface area contributed by atoms with E-state index in [1.54, 1.807) is 19.2 Å². The van der Waals surface area contributed by atoms with Gasteiger partial charge in [-0.3, -0.25) is 4.79 Å². The number of hydrogen-bond acceptors (Lipinski definition) is 6. The molecule has 0 amide bonds. The van der Waals surface area contributed by atoms with Crippen LogP contribution < -0.4 is 10.1 Å². The standard InChI is InChI=1S/C20H21N3O3S/c1-4-16-12(2)21-19(14-10-18(26-3)27-11-14)23-20(16)22-15-7-5-13(6-8-15)9-17(24)25/h5-8,10-11H,4,9H2,1-3H3,(H,24,25)(H,21,22,23). The molecule has 0 bridgehead atoms. The molecule has 140 valence electrons. The first-order valence-corrected chi connectivity index (χ1v) is 9.46. The van der Waals surface area contributed by atoms with Crippen LogP contribution in [0.2, 0.25) is 0 Å². The van der Waals surface area contributed by atoms with Gasteiger partial charge >= 0.3 is 5.97 Å². The van der Waals surface area contributed by atoms with Gasteiger partial charge in [0.2, 0.25) is 0 Å². The summed E-state index contributed by atoms with van der Waals surface area (Å²) in [5, 5.41) is 15.0. The Labute approximate surface area is 161 Å². The van der Waals surface area contributed by atoms with Crippen LogP contribution in [0, 0.1) is 6.92 Å². The Kier molecular flexibility index (Phi) is 5.71. The minimum Gasteiger partial charge on any atom is -0.487 e. The van der Waals surface area contributed by atoms with Gasteiger partial charge in [-0.15, -0.1) is 11.3 Å². The molecule has 2 N–H and O–H groups in total. The van der Waals surface area contributed by atoms with Gasteiger partial charge in [0, 0.05) is 34.0 Å². The van der Waals surface area contributed by atoms with Gasteiger partial charge in [-0.2, -0.15) is 0 Å². The number of anilines is 2. The summed E-state index contributed by atoms with van der Waals surface area (Å²) in [4.78, 5) is 20.2. The number of aromatic nitrogens is 2. The lowest BCUT2D eigenvalue weighted by Crippen LogP contribution is -2.05. The van der Waals surface area contributed by atoms with Gasteiger partial charge in [0.1, 0.15) is 5.82 Å². The molecule has 3 rings (SSSR count). The molecule has 0 spiro atoms. The lowest BCUT2D eigenvalue weighted by atomic mass is 10.1. The molecule has 0 atom stereocenters. The third-order valence-electron chi connectivity index (χ3n) is 4.17. The Balaban J connectivity index is 1.92. The first-order valence-electron chi connectivity index (χ1n) is 8.58. The number of rotatable bonds is 7. The number of nitrogens with one attached hydrogen (secondary N) is 1. The highest BCUT2D eigenvalue weighted by atomic mass is 32.1. The molecule has 6 nitrogen and oxygen atoms in total. The van der Waals surface area contributed by atoms with Gasteiger partial charge in [-0.25, -0.2) is 9.97 Å². The third-order valence-corrected chi connectivity index (χ3v) is 5.06. The fourth-order valence-electron chi connectivity index (χ4n) is 2.81. The average molecular weight is 383 g/mol. The topological polar surface area (TPSA) is 84.3 Å². The van der Waals surface area contributed by atoms with E-state index in [2.05, 4.69) is 17.2 Å². The minimum absolute atomic E-state index is 0.0112. The van der Waals surface area contributed by atoms with Crippen molar-refractivity contribution in [3.63, 3.8) is 0 Å². The van der Waals surface area contributed by atoms with Crippen molar-refractivity contribution in [3.05, 3.63) is 52.5 Å². The molecule has 2 aromatic heterocycles. The zero-order valence-corrected chi connectivity index (χ0v) is 16.3. The Morgan fingerprint density at radius 3 is 2.59 bits per heavy atom. The van der Waals surface area contributed by atoms with Gasteiger partial charge in [-0.05, 0) is 31.0 Å². The molecule has 0 saturated heterocycles. The number of aliphatic carboxylic acids is 1. The van der Waals surface area contributed by atoms with Crippen LogP contribution in [0.15, 0.2) is 35.7 Å². The number of benzene rings is 1. The van der Waals surface area contributed by atoms with Gasteiger partial charge in [-0.1, -0.05) is 19.1 Å². The van der Waals surface area contributed by atoms with E-state index in [0.29, 0.717) is 5.82 Å². The van der Waals surface area contributed by atoms with Crippen LogP contribution >= 0.6 is 11.3 Å². The molecule has 0 saturated carbocycles. The van der Waals surface area contributed by atoms with Gasteiger partial charge in [0.05, 0.1) is 13.5 Å². The minimum atomic E-state index is -0.841. The van der Waals surface area contributed by atoms with Crippen molar-refractivity contribution in [2.45, 2.75) is 26.7 Å².